The van der Waals surface area contributed by atoms with Crippen molar-refractivity contribution in [3.63, 3.8) is 0 Å². The summed E-state index contributed by atoms with van der Waals surface area (Å²) < 4.78 is 39.8. The summed E-state index contributed by atoms with van der Waals surface area (Å²) in [6, 6.07) is 1.28. The molecular formula is C12H19F2N3O3Si. The van der Waals surface area contributed by atoms with Gasteiger partial charge in [0.05, 0.1) is 12.7 Å². The molecule has 0 aliphatic carbocycles. The molecule has 0 radical (unpaired) electrons. The Labute approximate surface area is 122 Å². The molecule has 1 unspecified atom stereocenters. The van der Waals surface area contributed by atoms with Gasteiger partial charge in [-0.15, -0.1) is 0 Å². The van der Waals surface area contributed by atoms with Crippen LogP contribution in [0.5, 0.6) is 0 Å². The van der Waals surface area contributed by atoms with E-state index in [1.54, 1.807) is 0 Å². The van der Waals surface area contributed by atoms with Crippen molar-refractivity contribution in [2.24, 2.45) is 0 Å². The second kappa shape index (κ2) is 5.47. The van der Waals surface area contributed by atoms with Gasteiger partial charge in [0.2, 0.25) is 6.23 Å². The van der Waals surface area contributed by atoms with E-state index in [1.165, 1.54) is 12.3 Å². The molecule has 21 heavy (non-hydrogen) atoms. The Morgan fingerprint density at radius 1 is 1.57 bits per heavy atom. The molecule has 0 bridgehead atoms. The maximum Gasteiger partial charge on any atom is 0.351 e. The molecule has 2 N–H and O–H groups in total. The summed E-state index contributed by atoms with van der Waals surface area (Å²) in [5.74, 6) is -3.18. The monoisotopic (exact) mass is 319 g/mol. The van der Waals surface area contributed by atoms with Crippen LogP contribution in [0.15, 0.2) is 17.1 Å². The molecule has 1 aliphatic rings. The van der Waals surface area contributed by atoms with Crippen LogP contribution >= 0.6 is 0 Å². The van der Waals surface area contributed by atoms with Gasteiger partial charge in [-0.2, -0.15) is 4.98 Å². The second-order valence-electron chi connectivity index (χ2n) is 6.04. The number of ether oxygens (including phenoxy) is 1. The van der Waals surface area contributed by atoms with Gasteiger partial charge in [0.25, 0.3) is 5.92 Å². The third-order valence-corrected chi connectivity index (χ3v) is 4.02. The Balaban J connectivity index is 2.15. The maximum absolute atomic E-state index is 14.1. The highest BCUT2D eigenvalue weighted by Crippen LogP contribution is 2.42. The van der Waals surface area contributed by atoms with Gasteiger partial charge in [0.15, 0.2) is 8.32 Å². The lowest BCUT2D eigenvalue weighted by atomic mass is 10.2. The average molecular weight is 319 g/mol. The fraction of sp³-hybridized carbons (Fsp3) is 0.667. The molecule has 2 atom stereocenters. The summed E-state index contributed by atoms with van der Waals surface area (Å²) in [4.78, 5) is 15.1. The molecule has 1 aliphatic heterocycles. The van der Waals surface area contributed by atoms with Gasteiger partial charge in [0, 0.05) is 12.6 Å². The molecular weight excluding hydrogens is 300 g/mol. The standard InChI is InChI=1S/C12H19F2N3O3Si/c1-21(2,3)19-7-8-6-12(13,14)10(20-8)17-5-4-9(15)16-11(17)18/h4-5,8,10H,6-7H2,1-3H3,(H2,15,16,18)/t8?,10-/m1/s1. The van der Waals surface area contributed by atoms with E-state index in [0.717, 1.165) is 4.57 Å². The van der Waals surface area contributed by atoms with Gasteiger partial charge >= 0.3 is 5.69 Å². The topological polar surface area (TPSA) is 79.4 Å². The van der Waals surface area contributed by atoms with E-state index < -0.39 is 38.7 Å². The van der Waals surface area contributed by atoms with Crippen molar-refractivity contribution in [2.45, 2.75) is 44.3 Å². The minimum absolute atomic E-state index is 0.0174. The molecule has 118 valence electrons. The van der Waals surface area contributed by atoms with Crippen LogP contribution in [0.25, 0.3) is 0 Å². The molecule has 1 fully saturated rings. The number of alkyl halides is 2. The number of halogens is 2. The van der Waals surface area contributed by atoms with E-state index in [9.17, 15) is 13.6 Å². The summed E-state index contributed by atoms with van der Waals surface area (Å²) in [5, 5.41) is 0. The van der Waals surface area contributed by atoms with Crippen molar-refractivity contribution in [1.29, 1.82) is 0 Å². The molecule has 9 heteroatoms. The largest absolute Gasteiger partial charge is 0.415 e. The Hall–Kier alpha value is -1.32. The van der Waals surface area contributed by atoms with Crippen LogP contribution in [-0.4, -0.2) is 36.5 Å². The van der Waals surface area contributed by atoms with Crippen LogP contribution in [0.1, 0.15) is 12.6 Å². The lowest BCUT2D eigenvalue weighted by Gasteiger charge is -2.21. The van der Waals surface area contributed by atoms with Crippen LogP contribution in [-0.2, 0) is 9.16 Å². The number of rotatable bonds is 4. The molecule has 1 aromatic rings. The summed E-state index contributed by atoms with van der Waals surface area (Å²) in [6.45, 7) is 5.99. The molecule has 0 aromatic carbocycles. The Morgan fingerprint density at radius 2 is 2.24 bits per heavy atom. The normalized spacial score (nSPS) is 25.2. The minimum Gasteiger partial charge on any atom is -0.415 e. The average Bonchev–Trinajstić information content (AvgIpc) is 2.61. The summed E-state index contributed by atoms with van der Waals surface area (Å²) >= 11 is 0. The van der Waals surface area contributed by atoms with E-state index in [4.69, 9.17) is 14.9 Å². The maximum atomic E-state index is 14.1. The molecule has 1 saturated heterocycles. The zero-order chi connectivity index (χ0) is 15.8. The molecule has 0 spiro atoms. The molecule has 2 heterocycles. The van der Waals surface area contributed by atoms with Gasteiger partial charge in [-0.25, -0.2) is 13.6 Å². The van der Waals surface area contributed by atoms with Crippen molar-refractivity contribution in [2.75, 3.05) is 12.3 Å². The first-order valence-corrected chi connectivity index (χ1v) is 10.0. The first-order chi connectivity index (χ1) is 9.58. The van der Waals surface area contributed by atoms with Gasteiger partial charge in [-0.05, 0) is 25.7 Å². The highest BCUT2D eigenvalue weighted by atomic mass is 28.4. The van der Waals surface area contributed by atoms with Crippen molar-refractivity contribution in [1.82, 2.24) is 9.55 Å². The second-order valence-corrected chi connectivity index (χ2v) is 10.6. The summed E-state index contributed by atoms with van der Waals surface area (Å²) in [6.07, 6.45) is -1.74. The Morgan fingerprint density at radius 3 is 2.81 bits per heavy atom. The molecule has 6 nitrogen and oxygen atoms in total. The van der Waals surface area contributed by atoms with Crippen LogP contribution < -0.4 is 11.4 Å². The number of aromatic nitrogens is 2. The highest BCUT2D eigenvalue weighted by molar-refractivity contribution is 6.69. The van der Waals surface area contributed by atoms with E-state index in [-0.39, 0.29) is 12.4 Å². The van der Waals surface area contributed by atoms with E-state index in [1.807, 2.05) is 19.6 Å². The van der Waals surface area contributed by atoms with Crippen LogP contribution in [0, 0.1) is 0 Å². The molecule has 0 amide bonds. The highest BCUT2D eigenvalue weighted by Gasteiger charge is 2.52. The van der Waals surface area contributed by atoms with E-state index >= 15 is 0 Å². The number of hydrogen-bond donors (Lipinski definition) is 1. The zero-order valence-electron chi connectivity index (χ0n) is 12.2. The number of nitrogens with zero attached hydrogens (tertiary/aromatic N) is 2. The Bertz CT molecular complexity index is 574. The van der Waals surface area contributed by atoms with Crippen molar-refractivity contribution in [3.8, 4) is 0 Å². The summed E-state index contributed by atoms with van der Waals surface area (Å²) in [5.41, 5.74) is 4.49. The minimum atomic E-state index is -3.16. The SMILES string of the molecule is C[Si](C)(C)OCC1CC(F)(F)[C@H](n2ccc(N)nc2=O)O1. The van der Waals surface area contributed by atoms with Crippen molar-refractivity contribution >= 4 is 14.1 Å². The lowest BCUT2D eigenvalue weighted by Crippen LogP contribution is -2.35. The quantitative estimate of drug-likeness (QED) is 0.853. The zero-order valence-corrected chi connectivity index (χ0v) is 13.2. The number of anilines is 1. The lowest BCUT2D eigenvalue weighted by molar-refractivity contribution is -0.119. The first-order valence-electron chi connectivity index (χ1n) is 6.60. The van der Waals surface area contributed by atoms with Gasteiger partial charge in [-0.1, -0.05) is 0 Å². The molecule has 2 rings (SSSR count). The van der Waals surface area contributed by atoms with E-state index in [0.29, 0.717) is 0 Å². The number of nitrogen functional groups attached to an aromatic ring is 1. The van der Waals surface area contributed by atoms with Crippen molar-refractivity contribution < 1.29 is 17.9 Å². The first kappa shape index (κ1) is 16.1. The van der Waals surface area contributed by atoms with Crippen LogP contribution in [0.4, 0.5) is 14.6 Å². The number of hydrogen-bond acceptors (Lipinski definition) is 5. The smallest absolute Gasteiger partial charge is 0.351 e. The van der Waals surface area contributed by atoms with Gasteiger partial charge in [-0.3, -0.25) is 4.57 Å². The predicted molar refractivity (Wildman–Crippen MR) is 75.7 cm³/mol. The molecule has 0 saturated carbocycles. The van der Waals surface area contributed by atoms with Crippen LogP contribution in [0.3, 0.4) is 0 Å². The van der Waals surface area contributed by atoms with Crippen molar-refractivity contribution in [3.05, 3.63) is 22.7 Å². The third-order valence-electron chi connectivity index (χ3n) is 2.99. The number of nitrogens with two attached hydrogens (primary N) is 1. The molecule has 1 aromatic heterocycles. The fourth-order valence-corrected chi connectivity index (χ4v) is 2.73. The predicted octanol–water partition coefficient (Wildman–Crippen LogP) is 1.60. The summed E-state index contributed by atoms with van der Waals surface area (Å²) in [7, 11) is -1.81. The van der Waals surface area contributed by atoms with E-state index in [2.05, 4.69) is 4.98 Å². The fourth-order valence-electron chi connectivity index (χ4n) is 2.05. The Kier molecular flexibility index (Phi) is 4.18. The third kappa shape index (κ3) is 3.86. The van der Waals surface area contributed by atoms with Crippen LogP contribution in [0.2, 0.25) is 19.6 Å². The van der Waals surface area contributed by atoms with Gasteiger partial charge in [0.1, 0.15) is 5.82 Å². The van der Waals surface area contributed by atoms with Gasteiger partial charge < -0.3 is 14.9 Å².